The van der Waals surface area contributed by atoms with Crippen LogP contribution in [0.2, 0.25) is 0 Å². The van der Waals surface area contributed by atoms with Gasteiger partial charge in [-0.3, -0.25) is 0 Å². The molecule has 1 atom stereocenters. The molecule has 1 aromatic rings. The minimum atomic E-state index is 0.310. The van der Waals surface area contributed by atoms with E-state index in [2.05, 4.69) is 55.4 Å². The lowest BCUT2D eigenvalue weighted by Crippen LogP contribution is -2.37. The lowest BCUT2D eigenvalue weighted by atomic mass is 9.71. The van der Waals surface area contributed by atoms with E-state index >= 15 is 0 Å². The number of likely N-dealkylation sites (N-methyl/N-ethyl adjacent to an activating group) is 1. The maximum Gasteiger partial charge on any atom is 0.0589 e. The van der Waals surface area contributed by atoms with Crippen molar-refractivity contribution in [2.75, 3.05) is 40.4 Å². The summed E-state index contributed by atoms with van der Waals surface area (Å²) in [4.78, 5) is 2.31. The normalized spacial score (nSPS) is 20.5. The summed E-state index contributed by atoms with van der Waals surface area (Å²) >= 11 is 0. The third-order valence-corrected chi connectivity index (χ3v) is 4.68. The molecule has 118 valence electrons. The quantitative estimate of drug-likeness (QED) is 0.835. The lowest BCUT2D eigenvalue weighted by Gasteiger charge is -2.37. The van der Waals surface area contributed by atoms with Crippen LogP contribution in [-0.4, -0.2) is 45.3 Å². The van der Waals surface area contributed by atoms with Crippen LogP contribution in [0.25, 0.3) is 0 Å². The number of ether oxygens (including phenoxy) is 1. The molecule has 3 heteroatoms. The third kappa shape index (κ3) is 4.29. The molecular weight excluding hydrogens is 260 g/mol. The van der Waals surface area contributed by atoms with Gasteiger partial charge in [-0.2, -0.15) is 0 Å². The second-order valence-corrected chi connectivity index (χ2v) is 6.81. The van der Waals surface area contributed by atoms with Crippen molar-refractivity contribution < 1.29 is 4.74 Å². The Morgan fingerprint density at radius 2 is 2.05 bits per heavy atom. The number of hydrogen-bond acceptors (Lipinski definition) is 3. The molecule has 3 nitrogen and oxygen atoms in total. The van der Waals surface area contributed by atoms with Gasteiger partial charge in [-0.25, -0.2) is 0 Å². The summed E-state index contributed by atoms with van der Waals surface area (Å²) in [5.74, 6) is 0. The predicted molar refractivity (Wildman–Crippen MR) is 88.8 cm³/mol. The number of nitrogens with one attached hydrogen (secondary N) is 1. The van der Waals surface area contributed by atoms with Crippen molar-refractivity contribution in [1.82, 2.24) is 10.2 Å². The van der Waals surface area contributed by atoms with Gasteiger partial charge >= 0.3 is 0 Å². The number of rotatable bonds is 7. The van der Waals surface area contributed by atoms with Crippen molar-refractivity contribution in [3.8, 4) is 0 Å². The molecule has 2 rings (SSSR count). The van der Waals surface area contributed by atoms with Gasteiger partial charge < -0.3 is 15.0 Å². The van der Waals surface area contributed by atoms with E-state index in [1.165, 1.54) is 24.0 Å². The van der Waals surface area contributed by atoms with E-state index in [1.54, 1.807) is 7.11 Å². The highest BCUT2D eigenvalue weighted by atomic mass is 16.5. The Labute approximate surface area is 129 Å². The molecule has 0 aliphatic heterocycles. The van der Waals surface area contributed by atoms with Gasteiger partial charge in [0.1, 0.15) is 0 Å². The number of fused-ring (bicyclic) bond motifs is 1. The standard InChI is InChI=1S/C18H30N2O/c1-18(2)10-9-17(15-7-5-6-8-16(15)18)19-11-12-20(3)13-14-21-4/h5-8,17,19H,9-14H2,1-4H3. The molecule has 1 aliphatic rings. The molecular formula is C18H30N2O. The van der Waals surface area contributed by atoms with E-state index in [1.807, 2.05) is 0 Å². The highest BCUT2D eigenvalue weighted by Gasteiger charge is 2.31. The van der Waals surface area contributed by atoms with E-state index in [9.17, 15) is 0 Å². The Hall–Kier alpha value is -0.900. The molecule has 1 unspecified atom stereocenters. The molecule has 0 aromatic heterocycles. The summed E-state index contributed by atoms with van der Waals surface area (Å²) in [6.45, 7) is 8.61. The van der Waals surface area contributed by atoms with Gasteiger partial charge in [0.25, 0.3) is 0 Å². The van der Waals surface area contributed by atoms with Crippen LogP contribution in [-0.2, 0) is 10.2 Å². The number of nitrogens with zero attached hydrogens (tertiary/aromatic N) is 1. The molecule has 0 amide bonds. The molecule has 0 bridgehead atoms. The van der Waals surface area contributed by atoms with Crippen LogP contribution in [0.4, 0.5) is 0 Å². The first-order valence-electron chi connectivity index (χ1n) is 8.05. The van der Waals surface area contributed by atoms with Crippen LogP contribution in [0.3, 0.4) is 0 Å². The lowest BCUT2D eigenvalue weighted by molar-refractivity contribution is 0.160. The van der Waals surface area contributed by atoms with Crippen molar-refractivity contribution in [3.05, 3.63) is 35.4 Å². The number of benzene rings is 1. The molecule has 1 aliphatic carbocycles. The van der Waals surface area contributed by atoms with Crippen molar-refractivity contribution in [1.29, 1.82) is 0 Å². The van der Waals surface area contributed by atoms with E-state index in [-0.39, 0.29) is 0 Å². The van der Waals surface area contributed by atoms with Gasteiger partial charge in [-0.15, -0.1) is 0 Å². The van der Waals surface area contributed by atoms with Gasteiger partial charge in [0, 0.05) is 32.8 Å². The van der Waals surface area contributed by atoms with Gasteiger partial charge in [0.15, 0.2) is 0 Å². The fraction of sp³-hybridized carbons (Fsp3) is 0.667. The van der Waals surface area contributed by atoms with Crippen LogP contribution >= 0.6 is 0 Å². The maximum absolute atomic E-state index is 5.12. The van der Waals surface area contributed by atoms with Crippen molar-refractivity contribution in [2.24, 2.45) is 0 Å². The van der Waals surface area contributed by atoms with Gasteiger partial charge in [-0.1, -0.05) is 38.1 Å². The van der Waals surface area contributed by atoms with Crippen LogP contribution < -0.4 is 5.32 Å². The summed E-state index contributed by atoms with van der Waals surface area (Å²) in [5, 5.41) is 3.74. The van der Waals surface area contributed by atoms with Crippen molar-refractivity contribution in [3.63, 3.8) is 0 Å². The predicted octanol–water partition coefficient (Wildman–Crippen LogP) is 2.97. The van der Waals surface area contributed by atoms with Crippen molar-refractivity contribution in [2.45, 2.75) is 38.1 Å². The molecule has 0 heterocycles. The van der Waals surface area contributed by atoms with Crippen LogP contribution in [0.1, 0.15) is 43.9 Å². The third-order valence-electron chi connectivity index (χ3n) is 4.68. The average molecular weight is 290 g/mol. The molecule has 0 saturated heterocycles. The average Bonchev–Trinajstić information content (AvgIpc) is 2.48. The van der Waals surface area contributed by atoms with Crippen LogP contribution in [0.15, 0.2) is 24.3 Å². The zero-order valence-electron chi connectivity index (χ0n) is 14.0. The Balaban J connectivity index is 1.90. The minimum absolute atomic E-state index is 0.310. The molecule has 0 saturated carbocycles. The molecule has 0 fully saturated rings. The zero-order valence-corrected chi connectivity index (χ0v) is 14.0. The first kappa shape index (κ1) is 16.5. The molecule has 1 N–H and O–H groups in total. The van der Waals surface area contributed by atoms with Crippen LogP contribution in [0, 0.1) is 0 Å². The second kappa shape index (κ2) is 7.39. The first-order chi connectivity index (χ1) is 10.0. The fourth-order valence-corrected chi connectivity index (χ4v) is 3.21. The Morgan fingerprint density at radius 3 is 2.81 bits per heavy atom. The highest BCUT2D eigenvalue weighted by Crippen LogP contribution is 2.41. The zero-order chi connectivity index (χ0) is 15.3. The fourth-order valence-electron chi connectivity index (χ4n) is 3.21. The summed E-state index contributed by atoms with van der Waals surface area (Å²) in [7, 11) is 3.91. The molecule has 0 spiro atoms. The van der Waals surface area contributed by atoms with Gasteiger partial charge in [0.05, 0.1) is 6.61 Å². The van der Waals surface area contributed by atoms with E-state index < -0.39 is 0 Å². The van der Waals surface area contributed by atoms with Gasteiger partial charge in [-0.05, 0) is 36.4 Å². The molecule has 0 radical (unpaired) electrons. The largest absolute Gasteiger partial charge is 0.383 e. The van der Waals surface area contributed by atoms with E-state index in [4.69, 9.17) is 4.74 Å². The summed E-state index contributed by atoms with van der Waals surface area (Å²) < 4.78 is 5.12. The monoisotopic (exact) mass is 290 g/mol. The van der Waals surface area contributed by atoms with Crippen LogP contribution in [0.5, 0.6) is 0 Å². The summed E-state index contributed by atoms with van der Waals surface area (Å²) in [5.41, 5.74) is 3.32. The molecule has 21 heavy (non-hydrogen) atoms. The first-order valence-corrected chi connectivity index (χ1v) is 8.05. The van der Waals surface area contributed by atoms with Crippen molar-refractivity contribution >= 4 is 0 Å². The Kier molecular flexibility index (Phi) is 5.80. The Bertz CT molecular complexity index is 445. The Morgan fingerprint density at radius 1 is 1.29 bits per heavy atom. The van der Waals surface area contributed by atoms with Gasteiger partial charge in [0.2, 0.25) is 0 Å². The smallest absolute Gasteiger partial charge is 0.0589 e. The second-order valence-electron chi connectivity index (χ2n) is 6.81. The maximum atomic E-state index is 5.12. The highest BCUT2D eigenvalue weighted by molar-refractivity contribution is 5.38. The number of hydrogen-bond donors (Lipinski definition) is 1. The van der Waals surface area contributed by atoms with E-state index in [0.29, 0.717) is 11.5 Å². The SMILES string of the molecule is COCCN(C)CCNC1CCC(C)(C)c2ccccc21. The minimum Gasteiger partial charge on any atom is -0.383 e. The topological polar surface area (TPSA) is 24.5 Å². The summed E-state index contributed by atoms with van der Waals surface area (Å²) in [6.07, 6.45) is 2.48. The molecule has 1 aromatic carbocycles. The number of methoxy groups -OCH3 is 1. The summed E-state index contributed by atoms with van der Waals surface area (Å²) in [6, 6.07) is 9.43. The van der Waals surface area contributed by atoms with E-state index in [0.717, 1.165) is 26.2 Å².